The molecule has 2 rings (SSSR count). The Morgan fingerprint density at radius 1 is 1.19 bits per heavy atom. The highest BCUT2D eigenvalue weighted by molar-refractivity contribution is 5.80. The molecule has 0 aliphatic carbocycles. The number of carbonyl (C=O) groups is 1. The van der Waals surface area contributed by atoms with Gasteiger partial charge in [0.1, 0.15) is 11.5 Å². The van der Waals surface area contributed by atoms with Crippen molar-refractivity contribution in [3.63, 3.8) is 0 Å². The molecule has 5 heteroatoms. The largest absolute Gasteiger partial charge is 0.497 e. The van der Waals surface area contributed by atoms with Gasteiger partial charge in [0.15, 0.2) is 6.10 Å². The van der Waals surface area contributed by atoms with Gasteiger partial charge in [-0.15, -0.1) is 0 Å². The summed E-state index contributed by atoms with van der Waals surface area (Å²) >= 11 is 0. The predicted octanol–water partition coefficient (Wildman–Crippen LogP) is 2.17. The van der Waals surface area contributed by atoms with E-state index in [2.05, 4.69) is 10.3 Å². The lowest BCUT2D eigenvalue weighted by Crippen LogP contribution is -2.36. The fraction of sp³-hybridized carbons (Fsp3) is 0.250. The Bertz CT molecular complexity index is 570. The molecule has 1 aromatic heterocycles. The van der Waals surface area contributed by atoms with Crippen molar-refractivity contribution in [3.8, 4) is 11.5 Å². The number of carbonyl (C=O) groups excluding carboxylic acids is 1. The Morgan fingerprint density at radius 2 is 1.90 bits per heavy atom. The summed E-state index contributed by atoms with van der Waals surface area (Å²) in [5.74, 6) is 1.18. The van der Waals surface area contributed by atoms with Gasteiger partial charge in [0.2, 0.25) is 0 Å². The number of methoxy groups -OCH3 is 1. The van der Waals surface area contributed by atoms with Gasteiger partial charge in [0.25, 0.3) is 5.91 Å². The lowest BCUT2D eigenvalue weighted by atomic mass is 10.3. The Morgan fingerprint density at radius 3 is 2.52 bits per heavy atom. The molecular formula is C16H18N2O3. The Hall–Kier alpha value is -2.56. The van der Waals surface area contributed by atoms with E-state index in [0.717, 1.165) is 11.4 Å². The zero-order chi connectivity index (χ0) is 15.1. The Kier molecular flexibility index (Phi) is 5.15. The molecule has 21 heavy (non-hydrogen) atoms. The van der Waals surface area contributed by atoms with Crippen molar-refractivity contribution < 1.29 is 14.3 Å². The van der Waals surface area contributed by atoms with E-state index in [-0.39, 0.29) is 5.91 Å². The maximum atomic E-state index is 12.0. The fourth-order valence-electron chi connectivity index (χ4n) is 1.74. The van der Waals surface area contributed by atoms with E-state index >= 15 is 0 Å². The van der Waals surface area contributed by atoms with Crippen LogP contribution in [0.2, 0.25) is 0 Å². The number of benzene rings is 1. The Balaban J connectivity index is 1.84. The van der Waals surface area contributed by atoms with Gasteiger partial charge in [-0.2, -0.15) is 0 Å². The van der Waals surface area contributed by atoms with Crippen LogP contribution >= 0.6 is 0 Å². The first-order valence-electron chi connectivity index (χ1n) is 6.67. The molecule has 1 N–H and O–H groups in total. The number of ether oxygens (including phenoxy) is 2. The maximum absolute atomic E-state index is 12.0. The van der Waals surface area contributed by atoms with E-state index in [1.807, 2.05) is 18.2 Å². The molecule has 2 aromatic rings. The van der Waals surface area contributed by atoms with Gasteiger partial charge >= 0.3 is 0 Å². The lowest BCUT2D eigenvalue weighted by molar-refractivity contribution is -0.127. The molecule has 1 amide bonds. The summed E-state index contributed by atoms with van der Waals surface area (Å²) < 4.78 is 10.6. The highest BCUT2D eigenvalue weighted by Crippen LogP contribution is 2.18. The van der Waals surface area contributed by atoms with Crippen LogP contribution in [0.1, 0.15) is 12.6 Å². The molecule has 1 aromatic carbocycles. The van der Waals surface area contributed by atoms with Crippen LogP contribution in [0.5, 0.6) is 11.5 Å². The van der Waals surface area contributed by atoms with E-state index in [9.17, 15) is 4.79 Å². The molecule has 0 radical (unpaired) electrons. The molecule has 0 bridgehead atoms. The molecule has 1 heterocycles. The lowest BCUT2D eigenvalue weighted by Gasteiger charge is -2.14. The highest BCUT2D eigenvalue weighted by Gasteiger charge is 2.14. The number of rotatable bonds is 6. The Labute approximate surface area is 123 Å². The van der Waals surface area contributed by atoms with Crippen molar-refractivity contribution >= 4 is 5.91 Å². The van der Waals surface area contributed by atoms with Crippen LogP contribution in [-0.4, -0.2) is 24.1 Å². The molecule has 0 aliphatic heterocycles. The summed E-state index contributed by atoms with van der Waals surface area (Å²) in [4.78, 5) is 16.1. The van der Waals surface area contributed by atoms with Crippen molar-refractivity contribution in [1.29, 1.82) is 0 Å². The highest BCUT2D eigenvalue weighted by atomic mass is 16.5. The van der Waals surface area contributed by atoms with Gasteiger partial charge in [-0.05, 0) is 43.3 Å². The van der Waals surface area contributed by atoms with E-state index in [1.165, 1.54) is 0 Å². The quantitative estimate of drug-likeness (QED) is 0.884. The molecule has 0 saturated heterocycles. The molecule has 110 valence electrons. The summed E-state index contributed by atoms with van der Waals surface area (Å²) in [6, 6.07) is 12.7. The first kappa shape index (κ1) is 14.8. The molecule has 0 spiro atoms. The zero-order valence-corrected chi connectivity index (χ0v) is 12.1. The first-order valence-corrected chi connectivity index (χ1v) is 6.67. The average molecular weight is 286 g/mol. The van der Waals surface area contributed by atoms with Crippen LogP contribution in [0.4, 0.5) is 0 Å². The molecular weight excluding hydrogens is 268 g/mol. The monoisotopic (exact) mass is 286 g/mol. The molecule has 0 fully saturated rings. The second kappa shape index (κ2) is 7.28. The molecule has 1 atom stereocenters. The SMILES string of the molecule is COc1ccc(O[C@H](C)C(=O)NCc2ccccn2)cc1. The van der Waals surface area contributed by atoms with Crippen LogP contribution < -0.4 is 14.8 Å². The number of nitrogens with zero attached hydrogens (tertiary/aromatic N) is 1. The standard InChI is InChI=1S/C16H18N2O3/c1-12(21-15-8-6-14(20-2)7-9-15)16(19)18-11-13-5-3-4-10-17-13/h3-10,12H,11H2,1-2H3,(H,18,19)/t12-/m1/s1. The summed E-state index contributed by atoms with van der Waals surface area (Å²) in [6.07, 6.45) is 1.11. The first-order chi connectivity index (χ1) is 10.2. The van der Waals surface area contributed by atoms with Crippen molar-refractivity contribution in [2.24, 2.45) is 0 Å². The van der Waals surface area contributed by atoms with Gasteiger partial charge in [-0.25, -0.2) is 0 Å². The maximum Gasteiger partial charge on any atom is 0.261 e. The van der Waals surface area contributed by atoms with Crippen LogP contribution in [0.3, 0.4) is 0 Å². The summed E-state index contributed by atoms with van der Waals surface area (Å²) in [6.45, 7) is 2.09. The van der Waals surface area contributed by atoms with Crippen molar-refractivity contribution in [1.82, 2.24) is 10.3 Å². The second-order valence-electron chi connectivity index (χ2n) is 4.47. The number of amides is 1. The third-order valence-corrected chi connectivity index (χ3v) is 2.91. The van der Waals surface area contributed by atoms with Crippen LogP contribution in [0.15, 0.2) is 48.7 Å². The molecule has 0 unspecified atom stereocenters. The minimum Gasteiger partial charge on any atom is -0.497 e. The molecule has 5 nitrogen and oxygen atoms in total. The van der Waals surface area contributed by atoms with Crippen LogP contribution in [0, 0.1) is 0 Å². The normalized spacial score (nSPS) is 11.5. The van der Waals surface area contributed by atoms with Crippen LogP contribution in [-0.2, 0) is 11.3 Å². The fourth-order valence-corrected chi connectivity index (χ4v) is 1.74. The van der Waals surface area contributed by atoms with Crippen molar-refractivity contribution in [3.05, 3.63) is 54.4 Å². The number of hydrogen-bond acceptors (Lipinski definition) is 4. The van der Waals surface area contributed by atoms with Crippen molar-refractivity contribution in [2.45, 2.75) is 19.6 Å². The van der Waals surface area contributed by atoms with E-state index < -0.39 is 6.10 Å². The summed E-state index contributed by atoms with van der Waals surface area (Å²) in [7, 11) is 1.60. The van der Waals surface area contributed by atoms with Crippen molar-refractivity contribution in [2.75, 3.05) is 7.11 Å². The van der Waals surface area contributed by atoms with Gasteiger partial charge in [0, 0.05) is 6.20 Å². The van der Waals surface area contributed by atoms with Gasteiger partial charge < -0.3 is 14.8 Å². The number of aromatic nitrogens is 1. The summed E-state index contributed by atoms with van der Waals surface area (Å²) in [5.41, 5.74) is 0.808. The number of hydrogen-bond donors (Lipinski definition) is 1. The van der Waals surface area contributed by atoms with E-state index in [1.54, 1.807) is 44.5 Å². The smallest absolute Gasteiger partial charge is 0.261 e. The van der Waals surface area contributed by atoms with Gasteiger partial charge in [-0.1, -0.05) is 6.07 Å². The van der Waals surface area contributed by atoms with Gasteiger partial charge in [-0.3, -0.25) is 9.78 Å². The minimum absolute atomic E-state index is 0.184. The topological polar surface area (TPSA) is 60.5 Å². The second-order valence-corrected chi connectivity index (χ2v) is 4.47. The molecule has 0 saturated carbocycles. The van der Waals surface area contributed by atoms with Crippen LogP contribution in [0.25, 0.3) is 0 Å². The summed E-state index contributed by atoms with van der Waals surface area (Å²) in [5, 5.41) is 2.79. The van der Waals surface area contributed by atoms with E-state index in [4.69, 9.17) is 9.47 Å². The third kappa shape index (κ3) is 4.49. The third-order valence-electron chi connectivity index (χ3n) is 2.91. The number of pyridine rings is 1. The minimum atomic E-state index is -0.581. The average Bonchev–Trinajstić information content (AvgIpc) is 2.54. The van der Waals surface area contributed by atoms with Gasteiger partial charge in [0.05, 0.1) is 19.3 Å². The predicted molar refractivity (Wildman–Crippen MR) is 79.2 cm³/mol. The number of nitrogens with one attached hydrogen (secondary N) is 1. The van der Waals surface area contributed by atoms with E-state index in [0.29, 0.717) is 12.3 Å². The molecule has 0 aliphatic rings. The zero-order valence-electron chi connectivity index (χ0n) is 12.1.